The third-order valence-electron chi connectivity index (χ3n) is 2.07. The minimum absolute atomic E-state index is 0.659. The maximum atomic E-state index is 5.75. The number of nitrogens with two attached hydrogens (primary N) is 1. The van der Waals surface area contributed by atoms with Crippen molar-refractivity contribution in [3.63, 3.8) is 0 Å². The van der Waals surface area contributed by atoms with Crippen molar-refractivity contribution < 1.29 is 0 Å². The van der Waals surface area contributed by atoms with E-state index in [1.54, 1.807) is 23.3 Å². The Morgan fingerprint density at radius 3 is 2.73 bits per heavy atom. The molecule has 2 aromatic heterocycles. The minimum Gasteiger partial charge on any atom is -0.394 e. The molecule has 3 N–H and O–H groups in total. The summed E-state index contributed by atoms with van der Waals surface area (Å²) in [7, 11) is 1.84. The fraction of sp³-hybridized carbons (Fsp3) is 0.200. The van der Waals surface area contributed by atoms with Crippen LogP contribution in [0, 0.1) is 0 Å². The van der Waals surface area contributed by atoms with Gasteiger partial charge in [0.2, 0.25) is 0 Å². The number of aryl methyl sites for hydroxylation is 1. The van der Waals surface area contributed by atoms with Crippen LogP contribution >= 0.6 is 0 Å². The normalized spacial score (nSPS) is 10.2. The molecule has 0 radical (unpaired) electrons. The molecule has 0 atom stereocenters. The maximum Gasteiger partial charge on any atom is 0.171 e. The number of rotatable bonds is 3. The summed E-state index contributed by atoms with van der Waals surface area (Å²) in [4.78, 5) is 3.95. The number of anilines is 2. The number of nitrogen functional groups attached to an aromatic ring is 1. The number of aromatic nitrogens is 3. The molecule has 0 bridgehead atoms. The smallest absolute Gasteiger partial charge is 0.171 e. The molecule has 5 nitrogen and oxygen atoms in total. The lowest BCUT2D eigenvalue weighted by Crippen LogP contribution is -2.02. The molecule has 2 heterocycles. The van der Waals surface area contributed by atoms with Crippen molar-refractivity contribution in [1.29, 1.82) is 0 Å². The minimum atomic E-state index is 0.659. The third kappa shape index (κ3) is 2.25. The Balaban J connectivity index is 2.02. The maximum absolute atomic E-state index is 5.75. The predicted molar refractivity (Wildman–Crippen MR) is 59.2 cm³/mol. The van der Waals surface area contributed by atoms with Crippen LogP contribution in [0.15, 0.2) is 30.7 Å². The molecule has 0 aromatic carbocycles. The van der Waals surface area contributed by atoms with Gasteiger partial charge in [0.1, 0.15) is 0 Å². The molecule has 2 aromatic rings. The van der Waals surface area contributed by atoms with E-state index in [-0.39, 0.29) is 0 Å². The lowest BCUT2D eigenvalue weighted by atomic mass is 10.3. The number of nitrogens with one attached hydrogen (secondary N) is 1. The number of pyridine rings is 1. The van der Waals surface area contributed by atoms with Gasteiger partial charge in [-0.3, -0.25) is 9.67 Å². The average molecular weight is 203 g/mol. The highest BCUT2D eigenvalue weighted by Crippen LogP contribution is 2.14. The second-order valence-electron chi connectivity index (χ2n) is 3.32. The zero-order valence-corrected chi connectivity index (χ0v) is 8.51. The highest BCUT2D eigenvalue weighted by Gasteiger charge is 2.02. The van der Waals surface area contributed by atoms with Gasteiger partial charge in [-0.2, -0.15) is 5.10 Å². The van der Waals surface area contributed by atoms with E-state index < -0.39 is 0 Å². The highest BCUT2D eigenvalue weighted by atomic mass is 15.3. The monoisotopic (exact) mass is 203 g/mol. The molecule has 0 aliphatic rings. The summed E-state index contributed by atoms with van der Waals surface area (Å²) >= 11 is 0. The van der Waals surface area contributed by atoms with Gasteiger partial charge in [0, 0.05) is 32.2 Å². The van der Waals surface area contributed by atoms with Gasteiger partial charge in [0.05, 0.1) is 5.69 Å². The fourth-order valence-electron chi connectivity index (χ4n) is 1.33. The Kier molecular flexibility index (Phi) is 2.53. The molecule has 0 saturated heterocycles. The van der Waals surface area contributed by atoms with Crippen molar-refractivity contribution in [1.82, 2.24) is 14.8 Å². The zero-order valence-electron chi connectivity index (χ0n) is 8.51. The van der Waals surface area contributed by atoms with Gasteiger partial charge < -0.3 is 11.1 Å². The van der Waals surface area contributed by atoms with E-state index in [9.17, 15) is 0 Å². The topological polar surface area (TPSA) is 68.8 Å². The van der Waals surface area contributed by atoms with Gasteiger partial charge in [-0.15, -0.1) is 0 Å². The number of hydrogen-bond donors (Lipinski definition) is 2. The molecule has 0 aliphatic carbocycles. The average Bonchev–Trinajstić information content (AvgIpc) is 2.56. The Hall–Kier alpha value is -2.04. The molecule has 5 heteroatoms. The van der Waals surface area contributed by atoms with Gasteiger partial charge >= 0.3 is 0 Å². The number of nitrogens with zero attached hydrogens (tertiary/aromatic N) is 3. The quantitative estimate of drug-likeness (QED) is 0.781. The molecule has 15 heavy (non-hydrogen) atoms. The van der Waals surface area contributed by atoms with Crippen molar-refractivity contribution in [2.75, 3.05) is 11.1 Å². The van der Waals surface area contributed by atoms with E-state index in [2.05, 4.69) is 15.4 Å². The van der Waals surface area contributed by atoms with Crippen molar-refractivity contribution >= 4 is 11.5 Å². The molecule has 2 rings (SSSR count). The fourth-order valence-corrected chi connectivity index (χ4v) is 1.33. The molecule has 0 aliphatic heterocycles. The Morgan fingerprint density at radius 1 is 1.40 bits per heavy atom. The standard InChI is InChI=1S/C10H13N5/c1-15-7-9(11)10(14-15)13-6-8-2-4-12-5-3-8/h2-5,7H,6,11H2,1H3,(H,13,14). The first kappa shape index (κ1) is 9.51. The van der Waals surface area contributed by atoms with E-state index in [0.717, 1.165) is 5.56 Å². The summed E-state index contributed by atoms with van der Waals surface area (Å²) in [6.07, 6.45) is 5.30. The van der Waals surface area contributed by atoms with Crippen LogP contribution in [0.5, 0.6) is 0 Å². The second kappa shape index (κ2) is 4.00. The zero-order chi connectivity index (χ0) is 10.7. The molecular weight excluding hydrogens is 190 g/mol. The van der Waals surface area contributed by atoms with Crippen molar-refractivity contribution in [2.24, 2.45) is 7.05 Å². The molecule has 0 unspecified atom stereocenters. The summed E-state index contributed by atoms with van der Waals surface area (Å²) in [5, 5.41) is 7.36. The van der Waals surface area contributed by atoms with Crippen molar-refractivity contribution in [2.45, 2.75) is 6.54 Å². The Labute approximate surface area is 87.9 Å². The van der Waals surface area contributed by atoms with Crippen LogP contribution in [0.2, 0.25) is 0 Å². The first-order valence-electron chi connectivity index (χ1n) is 4.67. The second-order valence-corrected chi connectivity index (χ2v) is 3.32. The molecule has 0 fully saturated rings. The molecule has 0 spiro atoms. The van der Waals surface area contributed by atoms with E-state index in [4.69, 9.17) is 5.73 Å². The predicted octanol–water partition coefficient (Wildman–Crippen LogP) is 1.01. The van der Waals surface area contributed by atoms with Gasteiger partial charge in [-0.05, 0) is 17.7 Å². The van der Waals surface area contributed by atoms with Crippen LogP contribution in [0.1, 0.15) is 5.56 Å². The lowest BCUT2D eigenvalue weighted by Gasteiger charge is -2.03. The van der Waals surface area contributed by atoms with Crippen molar-refractivity contribution in [3.8, 4) is 0 Å². The Bertz CT molecular complexity index is 434. The van der Waals surface area contributed by atoms with Crippen LogP contribution in [0.4, 0.5) is 11.5 Å². The van der Waals surface area contributed by atoms with Gasteiger partial charge in [-0.25, -0.2) is 0 Å². The molecule has 0 saturated carbocycles. The highest BCUT2D eigenvalue weighted by molar-refractivity contribution is 5.59. The van der Waals surface area contributed by atoms with E-state index in [1.165, 1.54) is 0 Å². The van der Waals surface area contributed by atoms with Gasteiger partial charge in [-0.1, -0.05) is 0 Å². The molecular formula is C10H13N5. The summed E-state index contributed by atoms with van der Waals surface area (Å²) in [6, 6.07) is 3.90. The van der Waals surface area contributed by atoms with Crippen LogP contribution < -0.4 is 11.1 Å². The molecule has 0 amide bonds. The first-order chi connectivity index (χ1) is 7.25. The third-order valence-corrected chi connectivity index (χ3v) is 2.07. The summed E-state index contributed by atoms with van der Waals surface area (Å²) in [5.41, 5.74) is 7.55. The lowest BCUT2D eigenvalue weighted by molar-refractivity contribution is 0.768. The van der Waals surface area contributed by atoms with Gasteiger partial charge in [0.15, 0.2) is 5.82 Å². The molecule has 78 valence electrons. The van der Waals surface area contributed by atoms with Crippen LogP contribution in [0.25, 0.3) is 0 Å². The summed E-state index contributed by atoms with van der Waals surface area (Å²) in [6.45, 7) is 0.698. The first-order valence-corrected chi connectivity index (χ1v) is 4.67. The largest absolute Gasteiger partial charge is 0.394 e. The summed E-state index contributed by atoms with van der Waals surface area (Å²) < 4.78 is 1.68. The van der Waals surface area contributed by atoms with Crippen LogP contribution in [-0.4, -0.2) is 14.8 Å². The van der Waals surface area contributed by atoms with E-state index in [1.807, 2.05) is 19.2 Å². The number of hydrogen-bond acceptors (Lipinski definition) is 4. The Morgan fingerprint density at radius 2 is 2.13 bits per heavy atom. The van der Waals surface area contributed by atoms with E-state index in [0.29, 0.717) is 18.1 Å². The van der Waals surface area contributed by atoms with Gasteiger partial charge in [0.25, 0.3) is 0 Å². The van der Waals surface area contributed by atoms with E-state index >= 15 is 0 Å². The SMILES string of the molecule is Cn1cc(N)c(NCc2ccncc2)n1. The van der Waals surface area contributed by atoms with Crippen molar-refractivity contribution in [3.05, 3.63) is 36.3 Å². The van der Waals surface area contributed by atoms with Crippen LogP contribution in [-0.2, 0) is 13.6 Å². The van der Waals surface area contributed by atoms with Crippen LogP contribution in [0.3, 0.4) is 0 Å². The summed E-state index contributed by atoms with van der Waals surface area (Å²) in [5.74, 6) is 0.717.